The molecule has 60 valence electrons. The van der Waals surface area contributed by atoms with Crippen LogP contribution in [0.15, 0.2) is 59.9 Å². The van der Waals surface area contributed by atoms with Crippen LogP contribution in [0.3, 0.4) is 0 Å². The van der Waals surface area contributed by atoms with E-state index >= 15 is 0 Å². The SMILES string of the molecule is OC1=CC=C2C=CC=CC2C=C1. The third kappa shape index (κ3) is 1.26. The molecule has 0 bridgehead atoms. The molecule has 2 aliphatic rings. The molecule has 0 aromatic rings. The van der Waals surface area contributed by atoms with Crippen LogP contribution in [0.4, 0.5) is 0 Å². The van der Waals surface area contributed by atoms with Crippen LogP contribution >= 0.6 is 0 Å². The Kier molecular flexibility index (Phi) is 1.71. The first-order valence-corrected chi connectivity index (χ1v) is 4.00. The van der Waals surface area contributed by atoms with Gasteiger partial charge in [-0.1, -0.05) is 36.5 Å². The molecular weight excluding hydrogens is 148 g/mol. The zero-order valence-electron chi connectivity index (χ0n) is 6.64. The molecule has 1 nitrogen and oxygen atoms in total. The van der Waals surface area contributed by atoms with Gasteiger partial charge >= 0.3 is 0 Å². The van der Waals surface area contributed by atoms with Crippen LogP contribution in [-0.4, -0.2) is 5.11 Å². The maximum absolute atomic E-state index is 9.22. The largest absolute Gasteiger partial charge is 0.508 e. The van der Waals surface area contributed by atoms with Crippen LogP contribution in [0, 0.1) is 5.92 Å². The van der Waals surface area contributed by atoms with Crippen molar-refractivity contribution < 1.29 is 5.11 Å². The van der Waals surface area contributed by atoms with Crippen LogP contribution in [0.2, 0.25) is 0 Å². The average molecular weight is 158 g/mol. The highest BCUT2D eigenvalue weighted by molar-refractivity contribution is 5.42. The molecule has 12 heavy (non-hydrogen) atoms. The molecule has 1 heteroatoms. The first-order chi connectivity index (χ1) is 5.86. The second-order valence-electron chi connectivity index (χ2n) is 2.89. The van der Waals surface area contributed by atoms with E-state index in [2.05, 4.69) is 12.2 Å². The van der Waals surface area contributed by atoms with Gasteiger partial charge in [0.25, 0.3) is 0 Å². The highest BCUT2D eigenvalue weighted by Crippen LogP contribution is 2.22. The molecule has 0 aliphatic heterocycles. The average Bonchev–Trinajstić information content (AvgIpc) is 2.29. The van der Waals surface area contributed by atoms with Gasteiger partial charge in [-0.3, -0.25) is 0 Å². The van der Waals surface area contributed by atoms with Crippen molar-refractivity contribution in [1.29, 1.82) is 0 Å². The van der Waals surface area contributed by atoms with Gasteiger partial charge in [-0.25, -0.2) is 0 Å². The van der Waals surface area contributed by atoms with Crippen LogP contribution in [-0.2, 0) is 0 Å². The second-order valence-corrected chi connectivity index (χ2v) is 2.89. The third-order valence-corrected chi connectivity index (χ3v) is 2.02. The van der Waals surface area contributed by atoms with Crippen molar-refractivity contribution in [2.75, 3.05) is 0 Å². The number of hydrogen-bond acceptors (Lipinski definition) is 1. The van der Waals surface area contributed by atoms with E-state index < -0.39 is 0 Å². The van der Waals surface area contributed by atoms with Crippen molar-refractivity contribution in [2.24, 2.45) is 5.92 Å². The Morgan fingerprint density at radius 3 is 2.83 bits per heavy atom. The molecule has 0 aromatic carbocycles. The van der Waals surface area contributed by atoms with Gasteiger partial charge in [0.15, 0.2) is 0 Å². The van der Waals surface area contributed by atoms with Gasteiger partial charge in [0.2, 0.25) is 0 Å². The quantitative estimate of drug-likeness (QED) is 0.574. The highest BCUT2D eigenvalue weighted by atomic mass is 16.3. The van der Waals surface area contributed by atoms with Crippen LogP contribution < -0.4 is 0 Å². The number of aliphatic hydroxyl groups is 1. The van der Waals surface area contributed by atoms with Gasteiger partial charge in [-0.05, 0) is 17.7 Å². The van der Waals surface area contributed by atoms with Gasteiger partial charge < -0.3 is 5.11 Å². The summed E-state index contributed by atoms with van der Waals surface area (Å²) in [5.74, 6) is 0.648. The highest BCUT2D eigenvalue weighted by Gasteiger charge is 2.08. The van der Waals surface area contributed by atoms with Gasteiger partial charge in [-0.15, -0.1) is 0 Å². The van der Waals surface area contributed by atoms with Crippen molar-refractivity contribution in [3.8, 4) is 0 Å². The Morgan fingerprint density at radius 2 is 1.92 bits per heavy atom. The normalized spacial score (nSPS) is 25.8. The molecular formula is C11H10O. The van der Waals surface area contributed by atoms with Gasteiger partial charge in [0, 0.05) is 5.92 Å². The molecule has 0 saturated heterocycles. The molecule has 2 aliphatic carbocycles. The summed E-state index contributed by atoms with van der Waals surface area (Å²) < 4.78 is 0. The minimum atomic E-state index is 0.318. The molecule has 0 aromatic heterocycles. The number of hydrogen-bond donors (Lipinski definition) is 1. The Hall–Kier alpha value is -1.50. The van der Waals surface area contributed by atoms with E-state index in [-0.39, 0.29) is 0 Å². The summed E-state index contributed by atoms with van der Waals surface area (Å²) in [6.45, 7) is 0. The molecule has 0 fully saturated rings. The minimum Gasteiger partial charge on any atom is -0.508 e. The Bertz CT molecular complexity index is 327. The Balaban J connectivity index is 2.39. The molecule has 1 N–H and O–H groups in total. The number of fused-ring (bicyclic) bond motifs is 1. The number of aliphatic hydroxyl groups excluding tert-OH is 1. The van der Waals surface area contributed by atoms with E-state index in [1.165, 1.54) is 5.57 Å². The zero-order valence-corrected chi connectivity index (χ0v) is 6.64. The van der Waals surface area contributed by atoms with Gasteiger partial charge in [-0.2, -0.15) is 0 Å². The maximum Gasteiger partial charge on any atom is 0.115 e. The monoisotopic (exact) mass is 158 g/mol. The molecule has 1 unspecified atom stereocenters. The predicted molar refractivity (Wildman–Crippen MR) is 49.7 cm³/mol. The van der Waals surface area contributed by atoms with Gasteiger partial charge in [0.05, 0.1) is 0 Å². The van der Waals surface area contributed by atoms with Crippen molar-refractivity contribution in [2.45, 2.75) is 0 Å². The summed E-state index contributed by atoms with van der Waals surface area (Å²) in [5, 5.41) is 9.22. The van der Waals surface area contributed by atoms with Crippen LogP contribution in [0.1, 0.15) is 0 Å². The van der Waals surface area contributed by atoms with E-state index in [0.29, 0.717) is 11.7 Å². The van der Waals surface area contributed by atoms with Crippen LogP contribution in [0.5, 0.6) is 0 Å². The van der Waals surface area contributed by atoms with Gasteiger partial charge in [0.1, 0.15) is 5.76 Å². The lowest BCUT2D eigenvalue weighted by molar-refractivity contribution is 0.432. The zero-order chi connectivity index (χ0) is 8.39. The Morgan fingerprint density at radius 1 is 1.00 bits per heavy atom. The topological polar surface area (TPSA) is 20.2 Å². The van der Waals surface area contributed by atoms with Crippen molar-refractivity contribution in [3.05, 3.63) is 59.9 Å². The molecule has 0 heterocycles. The maximum atomic E-state index is 9.22. The van der Waals surface area contributed by atoms with E-state index in [9.17, 15) is 5.11 Å². The molecule has 0 spiro atoms. The van der Waals surface area contributed by atoms with E-state index in [1.54, 1.807) is 12.2 Å². The molecule has 1 atom stereocenters. The summed E-state index contributed by atoms with van der Waals surface area (Å²) in [6.07, 6.45) is 15.6. The fraction of sp³-hybridized carbons (Fsp3) is 0.0909. The molecule has 0 saturated carbocycles. The molecule has 0 radical (unpaired) electrons. The lowest BCUT2D eigenvalue weighted by Gasteiger charge is -2.10. The third-order valence-electron chi connectivity index (χ3n) is 2.02. The molecule has 2 rings (SSSR count). The van der Waals surface area contributed by atoms with E-state index in [1.807, 2.05) is 24.3 Å². The molecule has 0 amide bonds. The smallest absolute Gasteiger partial charge is 0.115 e. The summed E-state index contributed by atoms with van der Waals surface area (Å²) in [4.78, 5) is 0. The number of allylic oxidation sites excluding steroid dienone is 9. The summed E-state index contributed by atoms with van der Waals surface area (Å²) in [7, 11) is 0. The first kappa shape index (κ1) is 7.17. The summed E-state index contributed by atoms with van der Waals surface area (Å²) in [6, 6.07) is 0. The fourth-order valence-corrected chi connectivity index (χ4v) is 1.35. The summed E-state index contributed by atoms with van der Waals surface area (Å²) in [5.41, 5.74) is 1.22. The van der Waals surface area contributed by atoms with E-state index in [4.69, 9.17) is 0 Å². The van der Waals surface area contributed by atoms with Crippen molar-refractivity contribution >= 4 is 0 Å². The van der Waals surface area contributed by atoms with Crippen molar-refractivity contribution in [1.82, 2.24) is 0 Å². The summed E-state index contributed by atoms with van der Waals surface area (Å²) >= 11 is 0. The number of rotatable bonds is 0. The Labute approximate surface area is 71.7 Å². The van der Waals surface area contributed by atoms with Crippen molar-refractivity contribution in [3.63, 3.8) is 0 Å². The first-order valence-electron chi connectivity index (χ1n) is 4.00. The second kappa shape index (κ2) is 2.86. The lowest BCUT2D eigenvalue weighted by Crippen LogP contribution is -1.96. The predicted octanol–water partition coefficient (Wildman–Crippen LogP) is 2.67. The lowest BCUT2D eigenvalue weighted by atomic mass is 9.95. The fourth-order valence-electron chi connectivity index (χ4n) is 1.35. The minimum absolute atomic E-state index is 0.318. The van der Waals surface area contributed by atoms with Crippen LogP contribution in [0.25, 0.3) is 0 Å². The van der Waals surface area contributed by atoms with E-state index in [0.717, 1.165) is 0 Å². The standard InChI is InChI=1S/C11H10O/c12-11-7-5-9-3-1-2-4-10(9)6-8-11/h1-9,12H.